The molecule has 1 heterocycles. The minimum absolute atomic E-state index is 0.192. The number of benzene rings is 3. The highest BCUT2D eigenvalue weighted by Gasteiger charge is 2.36. The van der Waals surface area contributed by atoms with Crippen LogP contribution in [0, 0.1) is 0 Å². The molecule has 194 valence electrons. The summed E-state index contributed by atoms with van der Waals surface area (Å²) in [5, 5.41) is 2.23. The smallest absolute Gasteiger partial charge is 0.335 e. The highest BCUT2D eigenvalue weighted by Crippen LogP contribution is 2.30. The molecular formula is C29H25BrN2O6. The fraction of sp³-hybridized carbons (Fsp3) is 0.138. The molecule has 9 heteroatoms. The zero-order valence-corrected chi connectivity index (χ0v) is 22.2. The highest BCUT2D eigenvalue weighted by molar-refractivity contribution is 9.10. The number of hydrogen-bond acceptors (Lipinski definition) is 6. The van der Waals surface area contributed by atoms with Crippen molar-refractivity contribution in [1.82, 2.24) is 5.32 Å². The Bertz CT molecular complexity index is 1380. The molecule has 0 saturated carbocycles. The Morgan fingerprint density at radius 3 is 2.34 bits per heavy atom. The van der Waals surface area contributed by atoms with Crippen molar-refractivity contribution in [2.75, 3.05) is 18.1 Å². The van der Waals surface area contributed by atoms with Gasteiger partial charge in [-0.2, -0.15) is 0 Å². The fourth-order valence-corrected chi connectivity index (χ4v) is 3.91. The van der Waals surface area contributed by atoms with Gasteiger partial charge in [0.05, 0.1) is 12.3 Å². The predicted octanol–water partition coefficient (Wildman–Crippen LogP) is 5.66. The molecule has 4 amide bonds. The summed E-state index contributed by atoms with van der Waals surface area (Å²) in [6.45, 7) is 6.52. The van der Waals surface area contributed by atoms with Crippen LogP contribution in [0.15, 0.2) is 89.4 Å². The van der Waals surface area contributed by atoms with Crippen molar-refractivity contribution in [3.63, 3.8) is 0 Å². The van der Waals surface area contributed by atoms with Gasteiger partial charge in [-0.3, -0.25) is 14.9 Å². The lowest BCUT2D eigenvalue weighted by Crippen LogP contribution is -2.54. The zero-order chi connectivity index (χ0) is 27.1. The average Bonchev–Trinajstić information content (AvgIpc) is 2.91. The number of hydrogen-bond donors (Lipinski definition) is 1. The molecule has 1 aliphatic rings. The molecule has 0 aliphatic carbocycles. The van der Waals surface area contributed by atoms with E-state index in [1.165, 1.54) is 6.08 Å². The molecule has 0 unspecified atom stereocenters. The number of carbonyl (C=O) groups is 3. The van der Waals surface area contributed by atoms with Crippen LogP contribution in [0.5, 0.6) is 17.2 Å². The predicted molar refractivity (Wildman–Crippen MR) is 147 cm³/mol. The topological polar surface area (TPSA) is 94.2 Å². The number of imide groups is 2. The largest absolute Gasteiger partial charge is 0.490 e. The number of carbonyl (C=O) groups excluding carboxylic acids is 3. The lowest BCUT2D eigenvalue weighted by molar-refractivity contribution is -0.122. The zero-order valence-electron chi connectivity index (χ0n) is 20.6. The van der Waals surface area contributed by atoms with E-state index in [2.05, 4.69) is 27.8 Å². The summed E-state index contributed by atoms with van der Waals surface area (Å²) in [5.41, 5.74) is 1.63. The normalized spacial score (nSPS) is 14.3. The van der Waals surface area contributed by atoms with Gasteiger partial charge in [0, 0.05) is 4.47 Å². The van der Waals surface area contributed by atoms with E-state index in [0.717, 1.165) is 14.9 Å². The lowest BCUT2D eigenvalue weighted by Gasteiger charge is -2.26. The quantitative estimate of drug-likeness (QED) is 0.190. The average molecular weight is 577 g/mol. The SMILES string of the molecule is C=CCOc1ccc(/C=C2\C(=O)NC(=O)N(c3ccc(OCc4ccc(Br)cc4)cc3)C2=O)cc1OCC. The van der Waals surface area contributed by atoms with Gasteiger partial charge in [-0.05, 0) is 72.7 Å². The number of rotatable bonds is 10. The number of halogens is 1. The maximum Gasteiger partial charge on any atom is 0.335 e. The van der Waals surface area contributed by atoms with E-state index < -0.39 is 17.8 Å². The van der Waals surface area contributed by atoms with Crippen molar-refractivity contribution in [2.45, 2.75) is 13.5 Å². The fourth-order valence-electron chi connectivity index (χ4n) is 3.65. The van der Waals surface area contributed by atoms with Crippen molar-refractivity contribution >= 4 is 45.5 Å². The third kappa shape index (κ3) is 6.30. The first kappa shape index (κ1) is 26.7. The molecule has 0 aromatic heterocycles. The van der Waals surface area contributed by atoms with Crippen LogP contribution in [0.4, 0.5) is 10.5 Å². The Kier molecular flexibility index (Phi) is 8.60. The molecule has 1 fully saturated rings. The molecule has 1 saturated heterocycles. The number of nitrogens with zero attached hydrogens (tertiary/aromatic N) is 1. The van der Waals surface area contributed by atoms with Crippen LogP contribution in [-0.4, -0.2) is 31.1 Å². The van der Waals surface area contributed by atoms with Crippen LogP contribution in [0.1, 0.15) is 18.1 Å². The molecule has 38 heavy (non-hydrogen) atoms. The molecule has 0 atom stereocenters. The first-order valence-corrected chi connectivity index (χ1v) is 12.6. The Morgan fingerprint density at radius 1 is 0.921 bits per heavy atom. The molecule has 1 N–H and O–H groups in total. The van der Waals surface area contributed by atoms with E-state index in [0.29, 0.717) is 48.3 Å². The summed E-state index contributed by atoms with van der Waals surface area (Å²) in [7, 11) is 0. The van der Waals surface area contributed by atoms with Crippen LogP contribution >= 0.6 is 15.9 Å². The molecule has 4 rings (SSSR count). The van der Waals surface area contributed by atoms with E-state index in [1.807, 2.05) is 31.2 Å². The van der Waals surface area contributed by atoms with Crippen LogP contribution in [-0.2, 0) is 16.2 Å². The minimum Gasteiger partial charge on any atom is -0.490 e. The number of barbiturate groups is 1. The first-order chi connectivity index (χ1) is 18.4. The van der Waals surface area contributed by atoms with Crippen LogP contribution < -0.4 is 24.4 Å². The maximum atomic E-state index is 13.3. The van der Waals surface area contributed by atoms with Gasteiger partial charge in [-0.1, -0.05) is 46.8 Å². The van der Waals surface area contributed by atoms with Crippen molar-refractivity contribution in [1.29, 1.82) is 0 Å². The molecule has 0 spiro atoms. The Morgan fingerprint density at radius 2 is 1.66 bits per heavy atom. The standard InChI is InChI=1S/C29H25BrN2O6/c1-3-15-37-25-14-7-20(17-26(25)36-4-2)16-24-27(33)31-29(35)32(28(24)34)22-10-12-23(13-11-22)38-18-19-5-8-21(30)9-6-19/h3,5-14,16-17H,1,4,15,18H2,2H3,(H,31,33,35)/b24-16+. The molecule has 3 aromatic rings. The van der Waals surface area contributed by atoms with Gasteiger partial charge >= 0.3 is 6.03 Å². The number of urea groups is 1. The summed E-state index contributed by atoms with van der Waals surface area (Å²) in [5.74, 6) is 0.00468. The first-order valence-electron chi connectivity index (χ1n) is 11.8. The number of anilines is 1. The Balaban J connectivity index is 1.53. The van der Waals surface area contributed by atoms with Crippen molar-refractivity contribution in [3.8, 4) is 17.2 Å². The molecule has 0 radical (unpaired) electrons. The molecular weight excluding hydrogens is 552 g/mol. The third-order valence-electron chi connectivity index (χ3n) is 5.45. The summed E-state index contributed by atoms with van der Waals surface area (Å²) in [4.78, 5) is 39.3. The Labute approximate surface area is 228 Å². The van der Waals surface area contributed by atoms with Gasteiger partial charge in [-0.25, -0.2) is 9.69 Å². The van der Waals surface area contributed by atoms with Crippen molar-refractivity contribution in [3.05, 3.63) is 101 Å². The summed E-state index contributed by atoms with van der Waals surface area (Å²) >= 11 is 3.40. The van der Waals surface area contributed by atoms with Crippen LogP contribution in [0.25, 0.3) is 6.08 Å². The van der Waals surface area contributed by atoms with E-state index in [4.69, 9.17) is 14.2 Å². The van der Waals surface area contributed by atoms with Crippen LogP contribution in [0.2, 0.25) is 0 Å². The minimum atomic E-state index is -0.830. The van der Waals surface area contributed by atoms with Crippen molar-refractivity contribution in [2.24, 2.45) is 0 Å². The van der Waals surface area contributed by atoms with E-state index in [1.54, 1.807) is 48.5 Å². The molecule has 3 aromatic carbocycles. The second-order valence-electron chi connectivity index (χ2n) is 8.11. The van der Waals surface area contributed by atoms with Crippen LogP contribution in [0.3, 0.4) is 0 Å². The third-order valence-corrected chi connectivity index (χ3v) is 5.98. The number of ether oxygens (including phenoxy) is 3. The van der Waals surface area contributed by atoms with Crippen molar-refractivity contribution < 1.29 is 28.6 Å². The van der Waals surface area contributed by atoms with Gasteiger partial charge in [0.1, 0.15) is 24.5 Å². The molecule has 0 bridgehead atoms. The summed E-state index contributed by atoms with van der Waals surface area (Å²) in [6, 6.07) is 18.4. The van der Waals surface area contributed by atoms with Gasteiger partial charge in [-0.15, -0.1) is 0 Å². The maximum absolute atomic E-state index is 13.3. The second kappa shape index (κ2) is 12.2. The monoisotopic (exact) mass is 576 g/mol. The highest BCUT2D eigenvalue weighted by atomic mass is 79.9. The van der Waals surface area contributed by atoms with E-state index in [9.17, 15) is 14.4 Å². The number of amides is 4. The van der Waals surface area contributed by atoms with Gasteiger partial charge < -0.3 is 14.2 Å². The van der Waals surface area contributed by atoms with Gasteiger partial charge in [0.2, 0.25) is 0 Å². The second-order valence-corrected chi connectivity index (χ2v) is 9.02. The Hall–Kier alpha value is -4.37. The summed E-state index contributed by atoms with van der Waals surface area (Å²) < 4.78 is 18.0. The van der Waals surface area contributed by atoms with E-state index >= 15 is 0 Å². The van der Waals surface area contributed by atoms with Gasteiger partial charge in [0.25, 0.3) is 11.8 Å². The van der Waals surface area contributed by atoms with E-state index in [-0.39, 0.29) is 5.57 Å². The lowest BCUT2D eigenvalue weighted by atomic mass is 10.1. The molecule has 8 nitrogen and oxygen atoms in total. The number of nitrogens with one attached hydrogen (secondary N) is 1. The summed E-state index contributed by atoms with van der Waals surface area (Å²) in [6.07, 6.45) is 3.02. The molecule has 1 aliphatic heterocycles. The van der Waals surface area contributed by atoms with Gasteiger partial charge in [0.15, 0.2) is 11.5 Å².